The third-order valence-corrected chi connectivity index (χ3v) is 3.19. The number of carboxylic acid groups (broad SMARTS) is 2. The first kappa shape index (κ1) is 16.9. The molecule has 3 rings (SSSR count). The van der Waals surface area contributed by atoms with Crippen molar-refractivity contribution in [3.05, 3.63) is 59.7 Å². The van der Waals surface area contributed by atoms with Crippen LogP contribution in [0.25, 0.3) is 22.3 Å². The Morgan fingerprint density at radius 2 is 1.64 bits per heavy atom. The second-order valence-electron chi connectivity index (χ2n) is 4.52. The van der Waals surface area contributed by atoms with E-state index in [1.54, 1.807) is 12.1 Å². The van der Waals surface area contributed by atoms with Gasteiger partial charge in [-0.15, -0.1) is 0 Å². The Hall–Kier alpha value is -1.44. The molecular weight excluding hydrogens is 311 g/mol. The van der Waals surface area contributed by atoms with E-state index < -0.39 is 11.9 Å². The van der Waals surface area contributed by atoms with Crippen molar-refractivity contribution in [2.75, 3.05) is 0 Å². The largest absolute Gasteiger partial charge is 0.478 e. The minimum Gasteiger partial charge on any atom is -0.478 e. The van der Waals surface area contributed by atoms with Gasteiger partial charge in [0, 0.05) is 62.3 Å². The fourth-order valence-electron chi connectivity index (χ4n) is 2.18. The quantitative estimate of drug-likeness (QED) is 0.724. The molecule has 22 heavy (non-hydrogen) atoms. The normalized spacial score (nSPS) is 10.2. The van der Waals surface area contributed by atoms with Gasteiger partial charge in [-0.2, -0.15) is 0 Å². The van der Waals surface area contributed by atoms with E-state index in [0.29, 0.717) is 16.9 Å². The molecule has 0 aliphatic heterocycles. The number of hydrogen-bond acceptors (Lipinski definition) is 3. The first-order chi connectivity index (χ1) is 10.1. The molecule has 0 fully saturated rings. The van der Waals surface area contributed by atoms with Crippen LogP contribution in [0.5, 0.6) is 0 Å². The van der Waals surface area contributed by atoms with Gasteiger partial charge in [-0.25, -0.2) is 9.59 Å². The molecule has 0 bridgehead atoms. The zero-order valence-corrected chi connectivity index (χ0v) is 14.9. The number of aromatic carboxylic acids is 2. The number of furan rings is 1. The number of carboxylic acids is 2. The van der Waals surface area contributed by atoms with Gasteiger partial charge in [-0.3, -0.25) is 0 Å². The molecule has 2 N–H and O–H groups in total. The molecule has 1 aromatic heterocycles. The van der Waals surface area contributed by atoms with E-state index >= 15 is 0 Å². The third-order valence-electron chi connectivity index (χ3n) is 3.19. The number of benzene rings is 2. The zero-order valence-electron chi connectivity index (χ0n) is 11.7. The van der Waals surface area contributed by atoms with Crippen molar-refractivity contribution < 1.29 is 24.2 Å². The minimum atomic E-state index is -1.20. The molecule has 6 heteroatoms. The predicted molar refractivity (Wildman–Crippen MR) is 81.3 cm³/mol. The molecule has 0 unspecified atom stereocenters. The van der Waals surface area contributed by atoms with Gasteiger partial charge < -0.3 is 14.6 Å². The molecule has 0 amide bonds. The van der Waals surface area contributed by atoms with Crippen molar-refractivity contribution in [1.82, 2.24) is 0 Å². The Kier molecular flexibility index (Phi) is 5.20. The van der Waals surface area contributed by atoms with Gasteiger partial charge in [0.2, 0.25) is 0 Å². The van der Waals surface area contributed by atoms with E-state index in [1.165, 1.54) is 12.1 Å². The summed E-state index contributed by atoms with van der Waals surface area (Å²) in [7, 11) is 0. The second-order valence-corrected chi connectivity index (χ2v) is 4.52. The SMILES string of the molecule is O=C(O)c1ccc(-c2cc3ccccc3o2)c(C(=O)O)c1.[K]. The molecule has 0 saturated heterocycles. The number of fused-ring (bicyclic) bond motifs is 1. The third kappa shape index (κ3) is 3.16. The summed E-state index contributed by atoms with van der Waals surface area (Å²) >= 11 is 0. The van der Waals surface area contributed by atoms with Crippen LogP contribution in [0.15, 0.2) is 52.9 Å². The van der Waals surface area contributed by atoms with Crippen LogP contribution in [0.2, 0.25) is 0 Å². The first-order valence-corrected chi connectivity index (χ1v) is 6.16. The van der Waals surface area contributed by atoms with Crippen LogP contribution >= 0.6 is 0 Å². The summed E-state index contributed by atoms with van der Waals surface area (Å²) in [5, 5.41) is 19.1. The predicted octanol–water partition coefficient (Wildman–Crippen LogP) is 3.12. The van der Waals surface area contributed by atoms with Gasteiger partial charge in [0.1, 0.15) is 11.3 Å². The number of carbonyl (C=O) groups is 2. The Morgan fingerprint density at radius 3 is 2.27 bits per heavy atom. The molecule has 105 valence electrons. The Bertz CT molecular complexity index is 833. The van der Waals surface area contributed by atoms with E-state index in [4.69, 9.17) is 9.52 Å². The number of rotatable bonds is 3. The van der Waals surface area contributed by atoms with Crippen molar-refractivity contribution in [2.45, 2.75) is 0 Å². The van der Waals surface area contributed by atoms with Gasteiger partial charge in [0.15, 0.2) is 0 Å². The van der Waals surface area contributed by atoms with Crippen LogP contribution in [0.4, 0.5) is 0 Å². The molecule has 1 heterocycles. The van der Waals surface area contributed by atoms with Crippen LogP contribution in [-0.4, -0.2) is 73.5 Å². The molecule has 0 aliphatic rings. The van der Waals surface area contributed by atoms with Crippen molar-refractivity contribution >= 4 is 74.3 Å². The van der Waals surface area contributed by atoms with Crippen molar-refractivity contribution in [3.8, 4) is 11.3 Å². The Balaban J connectivity index is 0.00000176. The summed E-state index contributed by atoms with van der Waals surface area (Å²) in [5.74, 6) is -1.98. The summed E-state index contributed by atoms with van der Waals surface area (Å²) in [6, 6.07) is 13.0. The Morgan fingerprint density at radius 1 is 0.909 bits per heavy atom. The van der Waals surface area contributed by atoms with E-state index in [0.717, 1.165) is 11.5 Å². The zero-order chi connectivity index (χ0) is 15.0. The van der Waals surface area contributed by atoms with Crippen molar-refractivity contribution in [3.63, 3.8) is 0 Å². The molecule has 1 radical (unpaired) electrons. The van der Waals surface area contributed by atoms with Crippen molar-refractivity contribution in [2.24, 2.45) is 0 Å². The van der Waals surface area contributed by atoms with Gasteiger partial charge in [-0.1, -0.05) is 18.2 Å². The van der Waals surface area contributed by atoms with Crippen molar-refractivity contribution in [1.29, 1.82) is 0 Å². The van der Waals surface area contributed by atoms with Crippen LogP contribution in [0.1, 0.15) is 20.7 Å². The maximum absolute atomic E-state index is 11.4. The number of para-hydroxylation sites is 1. The smallest absolute Gasteiger partial charge is 0.336 e. The molecule has 5 nitrogen and oxygen atoms in total. The molecule has 0 atom stereocenters. The van der Waals surface area contributed by atoms with E-state index in [9.17, 15) is 14.7 Å². The summed E-state index contributed by atoms with van der Waals surface area (Å²) in [4.78, 5) is 22.3. The fourth-order valence-corrected chi connectivity index (χ4v) is 2.18. The molecule has 0 spiro atoms. The topological polar surface area (TPSA) is 87.7 Å². The van der Waals surface area contributed by atoms with Crippen LogP contribution in [0.3, 0.4) is 0 Å². The minimum absolute atomic E-state index is 0. The molecule has 0 saturated carbocycles. The van der Waals surface area contributed by atoms with Gasteiger partial charge in [0.05, 0.1) is 11.1 Å². The molecular formula is C16H10KO5. The maximum Gasteiger partial charge on any atom is 0.336 e. The van der Waals surface area contributed by atoms with Crippen LogP contribution in [-0.2, 0) is 0 Å². The van der Waals surface area contributed by atoms with Gasteiger partial charge >= 0.3 is 11.9 Å². The summed E-state index contributed by atoms with van der Waals surface area (Å²) in [6.07, 6.45) is 0. The first-order valence-electron chi connectivity index (χ1n) is 6.16. The molecule has 0 aliphatic carbocycles. The average Bonchev–Trinajstić information content (AvgIpc) is 2.90. The summed E-state index contributed by atoms with van der Waals surface area (Å²) in [6.45, 7) is 0. The summed E-state index contributed by atoms with van der Waals surface area (Å²) in [5.41, 5.74) is 0.816. The average molecular weight is 321 g/mol. The van der Waals surface area contributed by atoms with E-state index in [1.807, 2.05) is 18.2 Å². The monoisotopic (exact) mass is 321 g/mol. The van der Waals surface area contributed by atoms with Crippen LogP contribution < -0.4 is 0 Å². The van der Waals surface area contributed by atoms with Gasteiger partial charge in [-0.05, 0) is 30.3 Å². The second kappa shape index (κ2) is 6.76. The van der Waals surface area contributed by atoms with E-state index in [-0.39, 0.29) is 62.5 Å². The Labute approximate surface area is 168 Å². The van der Waals surface area contributed by atoms with Gasteiger partial charge in [0.25, 0.3) is 0 Å². The fraction of sp³-hybridized carbons (Fsp3) is 0. The standard InChI is InChI=1S/C16H10O5.K/c17-15(18)10-5-6-11(12(7-10)16(19)20)14-8-9-3-1-2-4-13(9)21-14;/h1-8H,(H,17,18)(H,19,20);. The van der Waals surface area contributed by atoms with Crippen LogP contribution in [0, 0.1) is 0 Å². The molecule has 2 aromatic carbocycles. The summed E-state index contributed by atoms with van der Waals surface area (Å²) < 4.78 is 5.63. The van der Waals surface area contributed by atoms with E-state index in [2.05, 4.69) is 0 Å². The molecule has 3 aromatic rings. The maximum atomic E-state index is 11.4. The number of hydrogen-bond donors (Lipinski definition) is 2.